The molecule has 0 aliphatic carbocycles. The van der Waals surface area contributed by atoms with Crippen molar-refractivity contribution in [2.45, 2.75) is 31.1 Å². The van der Waals surface area contributed by atoms with E-state index in [1.54, 1.807) is 6.07 Å². The third-order valence-electron chi connectivity index (χ3n) is 5.58. The number of nitrogens with zero attached hydrogens (tertiary/aromatic N) is 1. The first kappa shape index (κ1) is 22.3. The normalized spacial score (nSPS) is 21.4. The first-order valence-corrected chi connectivity index (χ1v) is 11.7. The molecule has 1 saturated heterocycles. The molecule has 0 unspecified atom stereocenters. The summed E-state index contributed by atoms with van der Waals surface area (Å²) in [7, 11) is -3.47. The van der Waals surface area contributed by atoms with E-state index in [0.717, 1.165) is 18.4 Å². The van der Waals surface area contributed by atoms with Crippen LogP contribution in [-0.4, -0.2) is 50.0 Å². The molecule has 2 amide bonds. The highest BCUT2D eigenvalue weighted by molar-refractivity contribution is 7.88. The van der Waals surface area contributed by atoms with E-state index < -0.39 is 45.7 Å². The van der Waals surface area contributed by atoms with Gasteiger partial charge in [0.1, 0.15) is 6.04 Å². The number of carbonyl (C=O) groups excluding carboxylic acids is 2. The van der Waals surface area contributed by atoms with E-state index in [-0.39, 0.29) is 24.2 Å². The van der Waals surface area contributed by atoms with Gasteiger partial charge in [0.15, 0.2) is 0 Å². The summed E-state index contributed by atoms with van der Waals surface area (Å²) in [6.45, 7) is 0.164. The predicted molar refractivity (Wildman–Crippen MR) is 111 cm³/mol. The Bertz CT molecular complexity index is 1200. The van der Waals surface area contributed by atoms with Gasteiger partial charge in [-0.15, -0.1) is 0 Å². The summed E-state index contributed by atoms with van der Waals surface area (Å²) in [4.78, 5) is 27.4. The molecule has 2 atom stereocenters. The smallest absolute Gasteiger partial charge is 0.326 e. The van der Waals surface area contributed by atoms with E-state index in [0.29, 0.717) is 17.5 Å². The SMILES string of the molecule is CS(=O)(=O)N[C@@H]1CCN2C(=O)c3cc(-c4cccc(C(F)(F)F)c4)ccc3NC(=O)[C@@H]2C1. The average Bonchev–Trinajstić information content (AvgIpc) is 2.81. The molecule has 0 radical (unpaired) electrons. The van der Waals surface area contributed by atoms with Gasteiger partial charge in [-0.3, -0.25) is 9.59 Å². The Morgan fingerprint density at radius 2 is 1.81 bits per heavy atom. The van der Waals surface area contributed by atoms with Gasteiger partial charge in [-0.05, 0) is 48.2 Å². The number of anilines is 1. The van der Waals surface area contributed by atoms with E-state index in [4.69, 9.17) is 0 Å². The largest absolute Gasteiger partial charge is 0.416 e. The lowest BCUT2D eigenvalue weighted by Gasteiger charge is -2.37. The number of rotatable bonds is 3. The van der Waals surface area contributed by atoms with Gasteiger partial charge in [-0.25, -0.2) is 13.1 Å². The van der Waals surface area contributed by atoms with Crippen LogP contribution in [-0.2, 0) is 21.0 Å². The molecule has 2 N–H and O–H groups in total. The van der Waals surface area contributed by atoms with Crippen molar-refractivity contribution in [1.82, 2.24) is 9.62 Å². The minimum absolute atomic E-state index is 0.124. The van der Waals surface area contributed by atoms with Crippen molar-refractivity contribution in [3.63, 3.8) is 0 Å². The number of alkyl halides is 3. The number of nitrogens with one attached hydrogen (secondary N) is 2. The molecule has 0 bridgehead atoms. The number of halogens is 3. The number of piperidine rings is 1. The standard InChI is InChI=1S/C21H20F3N3O4S/c1-32(30,31)26-15-7-8-27-18(11-15)19(28)25-17-6-5-13(10-16(17)20(27)29)12-3-2-4-14(9-12)21(22,23)24/h2-6,9-10,15,18,26H,7-8,11H2,1H3,(H,25,28)/t15-,18+/m1/s1. The number of fused-ring (bicyclic) bond motifs is 2. The van der Waals surface area contributed by atoms with Gasteiger partial charge in [0.2, 0.25) is 15.9 Å². The van der Waals surface area contributed by atoms with Crippen LogP contribution in [0.25, 0.3) is 11.1 Å². The molecule has 4 rings (SSSR count). The third kappa shape index (κ3) is 4.49. The van der Waals surface area contributed by atoms with E-state index in [1.165, 1.54) is 29.2 Å². The first-order chi connectivity index (χ1) is 14.9. The number of hydrogen-bond acceptors (Lipinski definition) is 4. The Balaban J connectivity index is 1.66. The molecule has 1 fully saturated rings. The second-order valence-electron chi connectivity index (χ2n) is 7.95. The topological polar surface area (TPSA) is 95.6 Å². The van der Waals surface area contributed by atoms with Crippen LogP contribution in [0.1, 0.15) is 28.8 Å². The summed E-state index contributed by atoms with van der Waals surface area (Å²) in [6, 6.07) is 7.95. The van der Waals surface area contributed by atoms with Crippen molar-refractivity contribution in [2.24, 2.45) is 0 Å². The fourth-order valence-electron chi connectivity index (χ4n) is 4.12. The fraction of sp³-hybridized carbons (Fsp3) is 0.333. The van der Waals surface area contributed by atoms with Crippen LogP contribution in [0.15, 0.2) is 42.5 Å². The molecule has 0 spiro atoms. The molecule has 170 valence electrons. The highest BCUT2D eigenvalue weighted by atomic mass is 32.2. The van der Waals surface area contributed by atoms with Gasteiger partial charge in [0, 0.05) is 12.6 Å². The monoisotopic (exact) mass is 467 g/mol. The highest BCUT2D eigenvalue weighted by Gasteiger charge is 2.40. The van der Waals surface area contributed by atoms with Crippen molar-refractivity contribution < 1.29 is 31.2 Å². The van der Waals surface area contributed by atoms with Crippen LogP contribution >= 0.6 is 0 Å². The van der Waals surface area contributed by atoms with Gasteiger partial charge in [-0.1, -0.05) is 18.2 Å². The molecule has 0 aromatic heterocycles. The lowest BCUT2D eigenvalue weighted by molar-refractivity contribution is -0.137. The molecule has 2 aromatic carbocycles. The van der Waals surface area contributed by atoms with Gasteiger partial charge in [0.25, 0.3) is 5.91 Å². The van der Waals surface area contributed by atoms with Crippen LogP contribution < -0.4 is 10.0 Å². The van der Waals surface area contributed by atoms with Crippen LogP contribution in [0.2, 0.25) is 0 Å². The number of carbonyl (C=O) groups is 2. The summed E-state index contributed by atoms with van der Waals surface area (Å²) in [5, 5.41) is 2.69. The van der Waals surface area contributed by atoms with Gasteiger partial charge in [-0.2, -0.15) is 13.2 Å². The van der Waals surface area contributed by atoms with Crippen molar-refractivity contribution in [2.75, 3.05) is 18.1 Å². The lowest BCUT2D eigenvalue weighted by Crippen LogP contribution is -2.54. The zero-order valence-corrected chi connectivity index (χ0v) is 17.8. The zero-order chi connectivity index (χ0) is 23.3. The predicted octanol–water partition coefficient (Wildman–Crippen LogP) is 2.85. The van der Waals surface area contributed by atoms with E-state index in [2.05, 4.69) is 10.0 Å². The van der Waals surface area contributed by atoms with E-state index >= 15 is 0 Å². The molecule has 2 aliphatic heterocycles. The van der Waals surface area contributed by atoms with Crippen molar-refractivity contribution in [3.8, 4) is 11.1 Å². The van der Waals surface area contributed by atoms with E-state index in [9.17, 15) is 31.2 Å². The Morgan fingerprint density at radius 1 is 1.09 bits per heavy atom. The third-order valence-corrected chi connectivity index (χ3v) is 6.34. The second kappa shape index (κ2) is 7.89. The maximum atomic E-state index is 13.2. The first-order valence-electron chi connectivity index (χ1n) is 9.83. The number of hydrogen-bond donors (Lipinski definition) is 2. The molecule has 2 heterocycles. The maximum absolute atomic E-state index is 13.2. The molecule has 11 heteroatoms. The summed E-state index contributed by atoms with van der Waals surface area (Å²) in [6.07, 6.45) is -3.00. The van der Waals surface area contributed by atoms with Crippen molar-refractivity contribution in [3.05, 3.63) is 53.6 Å². The average molecular weight is 467 g/mol. The van der Waals surface area contributed by atoms with Gasteiger partial charge in [0.05, 0.1) is 23.1 Å². The number of benzene rings is 2. The number of amides is 2. The summed E-state index contributed by atoms with van der Waals surface area (Å²) in [5.41, 5.74) is 0.330. The summed E-state index contributed by atoms with van der Waals surface area (Å²) >= 11 is 0. The van der Waals surface area contributed by atoms with Gasteiger partial charge < -0.3 is 10.2 Å². The summed E-state index contributed by atoms with van der Waals surface area (Å²) < 4.78 is 64.8. The van der Waals surface area contributed by atoms with Crippen molar-refractivity contribution >= 4 is 27.5 Å². The van der Waals surface area contributed by atoms with E-state index in [1.807, 2.05) is 0 Å². The van der Waals surface area contributed by atoms with Gasteiger partial charge >= 0.3 is 6.18 Å². The zero-order valence-electron chi connectivity index (χ0n) is 16.9. The lowest BCUT2D eigenvalue weighted by atomic mass is 9.96. The minimum atomic E-state index is -4.50. The van der Waals surface area contributed by atoms with Crippen LogP contribution in [0, 0.1) is 0 Å². The molecule has 2 aromatic rings. The highest BCUT2D eigenvalue weighted by Crippen LogP contribution is 2.35. The maximum Gasteiger partial charge on any atom is 0.416 e. The van der Waals surface area contributed by atoms with Crippen LogP contribution in [0.5, 0.6) is 0 Å². The molecule has 7 nitrogen and oxygen atoms in total. The molecule has 32 heavy (non-hydrogen) atoms. The van der Waals surface area contributed by atoms with Crippen LogP contribution in [0.3, 0.4) is 0 Å². The molecule has 2 aliphatic rings. The van der Waals surface area contributed by atoms with Crippen LogP contribution in [0.4, 0.5) is 18.9 Å². The Hall–Kier alpha value is -2.92. The Kier molecular flexibility index (Phi) is 5.49. The van der Waals surface area contributed by atoms with Crippen molar-refractivity contribution in [1.29, 1.82) is 0 Å². The molecular formula is C21H20F3N3O4S. The molecule has 0 saturated carbocycles. The fourth-order valence-corrected chi connectivity index (χ4v) is 4.94. The second-order valence-corrected chi connectivity index (χ2v) is 9.73. The minimum Gasteiger partial charge on any atom is -0.326 e. The Labute approximate surface area is 182 Å². The quantitative estimate of drug-likeness (QED) is 0.726. The molecular weight excluding hydrogens is 447 g/mol. The number of sulfonamides is 1. The summed E-state index contributed by atoms with van der Waals surface area (Å²) in [5.74, 6) is -0.876. The Morgan fingerprint density at radius 3 is 2.50 bits per heavy atom.